The number of carbonyl (C=O) groups is 1. The minimum Gasteiger partial charge on any atom is -0.447 e. The molecule has 210 valence electrons. The smallest absolute Gasteiger partial charge is 0.407 e. The number of nitrogens with one attached hydrogen (secondary N) is 3. The van der Waals surface area contributed by atoms with Crippen molar-refractivity contribution in [3.8, 4) is 10.4 Å². The van der Waals surface area contributed by atoms with E-state index >= 15 is 0 Å². The number of hydrogen-bond donors (Lipinski definition) is 3. The standard InChI is InChI=1S/C27H36N6O4S2/c1-5-18-13-25(33-29-15-18)31-21-11-12-22(24(14-21)39(35,36)30-6-2)23-16-28-26(38-23)19-7-9-20(10-8-19)32-27(34)37-17(3)4/h11-17,19-20,30H,5-10H2,1-4H3,(H,31,33)(H,32,34). The van der Waals surface area contributed by atoms with Gasteiger partial charge in [0.1, 0.15) is 0 Å². The van der Waals surface area contributed by atoms with E-state index in [4.69, 9.17) is 4.74 Å². The lowest BCUT2D eigenvalue weighted by Gasteiger charge is -2.28. The fourth-order valence-corrected chi connectivity index (χ4v) is 7.08. The van der Waals surface area contributed by atoms with Crippen molar-refractivity contribution in [1.82, 2.24) is 25.2 Å². The monoisotopic (exact) mass is 572 g/mol. The maximum atomic E-state index is 13.2. The number of nitrogens with zero attached hydrogens (tertiary/aromatic N) is 3. The molecule has 0 bridgehead atoms. The first-order valence-corrected chi connectivity index (χ1v) is 15.6. The molecule has 1 amide bonds. The van der Waals surface area contributed by atoms with E-state index in [0.717, 1.165) is 47.6 Å². The molecule has 0 unspecified atom stereocenters. The molecule has 0 radical (unpaired) electrons. The summed E-state index contributed by atoms with van der Waals surface area (Å²) in [4.78, 5) is 17.6. The van der Waals surface area contributed by atoms with E-state index in [0.29, 0.717) is 17.1 Å². The maximum Gasteiger partial charge on any atom is 0.407 e. The quantitative estimate of drug-likeness (QED) is 0.295. The third kappa shape index (κ3) is 7.52. The molecular formula is C27H36N6O4S2. The van der Waals surface area contributed by atoms with E-state index in [1.807, 2.05) is 39.0 Å². The van der Waals surface area contributed by atoms with Crippen LogP contribution in [0.3, 0.4) is 0 Å². The van der Waals surface area contributed by atoms with Crippen molar-refractivity contribution in [2.24, 2.45) is 0 Å². The number of carbonyl (C=O) groups excluding carboxylic acids is 1. The molecule has 0 spiro atoms. The fourth-order valence-electron chi connectivity index (χ4n) is 4.60. The van der Waals surface area contributed by atoms with Gasteiger partial charge in [0.15, 0.2) is 5.82 Å². The Bertz CT molecular complexity index is 1380. The Kier molecular flexibility index (Phi) is 9.52. The van der Waals surface area contributed by atoms with E-state index in [1.54, 1.807) is 25.4 Å². The molecule has 3 N–H and O–H groups in total. The van der Waals surface area contributed by atoms with Crippen LogP contribution in [0.2, 0.25) is 0 Å². The molecule has 4 rings (SSSR count). The average molecular weight is 573 g/mol. The molecular weight excluding hydrogens is 536 g/mol. The molecule has 1 aliphatic rings. The first-order chi connectivity index (χ1) is 18.7. The lowest BCUT2D eigenvalue weighted by Crippen LogP contribution is -2.38. The van der Waals surface area contributed by atoms with Crippen LogP contribution >= 0.6 is 11.3 Å². The molecule has 1 aromatic carbocycles. The summed E-state index contributed by atoms with van der Waals surface area (Å²) in [5, 5.41) is 15.2. The topological polar surface area (TPSA) is 135 Å². The molecule has 0 atom stereocenters. The fraction of sp³-hybridized carbons (Fsp3) is 0.481. The van der Waals surface area contributed by atoms with Crippen LogP contribution < -0.4 is 15.4 Å². The summed E-state index contributed by atoms with van der Waals surface area (Å²) in [7, 11) is -3.76. The molecule has 39 heavy (non-hydrogen) atoms. The third-order valence-electron chi connectivity index (χ3n) is 6.53. The van der Waals surface area contributed by atoms with Crippen LogP contribution in [-0.2, 0) is 21.2 Å². The van der Waals surface area contributed by atoms with Crippen LogP contribution in [0.25, 0.3) is 10.4 Å². The summed E-state index contributed by atoms with van der Waals surface area (Å²) in [6.45, 7) is 7.72. The summed E-state index contributed by atoms with van der Waals surface area (Å²) >= 11 is 1.52. The zero-order valence-corrected chi connectivity index (χ0v) is 24.4. The van der Waals surface area contributed by atoms with Crippen LogP contribution in [0.1, 0.15) is 69.9 Å². The first-order valence-electron chi connectivity index (χ1n) is 13.3. The van der Waals surface area contributed by atoms with Crippen molar-refractivity contribution in [2.75, 3.05) is 11.9 Å². The van der Waals surface area contributed by atoms with Crippen LogP contribution in [0, 0.1) is 0 Å². The van der Waals surface area contributed by atoms with Crippen molar-refractivity contribution < 1.29 is 17.9 Å². The Balaban J connectivity index is 1.53. The number of anilines is 2. The van der Waals surface area contributed by atoms with Gasteiger partial charge in [-0.2, -0.15) is 5.10 Å². The predicted octanol–water partition coefficient (Wildman–Crippen LogP) is 5.37. The number of aromatic nitrogens is 3. The van der Waals surface area contributed by atoms with Gasteiger partial charge in [-0.3, -0.25) is 0 Å². The molecule has 1 saturated carbocycles. The lowest BCUT2D eigenvalue weighted by molar-refractivity contribution is 0.109. The molecule has 12 heteroatoms. The molecule has 2 aromatic heterocycles. The number of amides is 1. The normalized spacial score (nSPS) is 17.7. The second kappa shape index (κ2) is 12.8. The van der Waals surface area contributed by atoms with Crippen molar-refractivity contribution >= 4 is 39.0 Å². The number of benzene rings is 1. The first kappa shape index (κ1) is 28.9. The van der Waals surface area contributed by atoms with Crippen molar-refractivity contribution in [3.05, 3.63) is 47.2 Å². The number of hydrogen-bond acceptors (Lipinski definition) is 9. The van der Waals surface area contributed by atoms with Crippen molar-refractivity contribution in [2.45, 2.75) is 82.8 Å². The maximum absolute atomic E-state index is 13.2. The number of thiazole rings is 1. The lowest BCUT2D eigenvalue weighted by atomic mass is 9.86. The van der Waals surface area contributed by atoms with Gasteiger partial charge in [0.25, 0.3) is 0 Å². The molecule has 0 saturated heterocycles. The SMILES string of the molecule is CCNS(=O)(=O)c1cc(Nc2cc(CC)cnn2)ccc1-c1cnc(C2CCC(NC(=O)OC(C)C)CC2)s1. The van der Waals surface area contributed by atoms with Crippen LogP contribution in [0.15, 0.2) is 41.6 Å². The second-order valence-electron chi connectivity index (χ2n) is 9.85. The minimum atomic E-state index is -3.76. The summed E-state index contributed by atoms with van der Waals surface area (Å²) in [5.41, 5.74) is 2.23. The third-order valence-corrected chi connectivity index (χ3v) is 9.31. The minimum absolute atomic E-state index is 0.0894. The molecule has 1 aliphatic carbocycles. The summed E-state index contributed by atoms with van der Waals surface area (Å²) < 4.78 is 34.2. The van der Waals surface area contributed by atoms with E-state index < -0.39 is 10.0 Å². The number of alkyl carbamates (subject to hydrolysis) is 1. The summed E-state index contributed by atoms with van der Waals surface area (Å²) in [6.07, 6.45) is 7.23. The van der Waals surface area contributed by atoms with Crippen LogP contribution in [0.5, 0.6) is 0 Å². The summed E-state index contributed by atoms with van der Waals surface area (Å²) in [5.74, 6) is 0.818. The number of aryl methyl sites for hydroxylation is 1. The van der Waals surface area contributed by atoms with Gasteiger partial charge in [-0.1, -0.05) is 19.9 Å². The Morgan fingerprint density at radius 2 is 1.90 bits per heavy atom. The molecule has 2 heterocycles. The van der Waals surface area contributed by atoms with Crippen molar-refractivity contribution in [3.63, 3.8) is 0 Å². The zero-order chi connectivity index (χ0) is 28.0. The highest BCUT2D eigenvalue weighted by Crippen LogP contribution is 2.40. The molecule has 1 fully saturated rings. The van der Waals surface area contributed by atoms with Gasteiger partial charge in [0.05, 0.1) is 27.1 Å². The van der Waals surface area contributed by atoms with Gasteiger partial charge in [0.2, 0.25) is 10.0 Å². The van der Waals surface area contributed by atoms with Gasteiger partial charge in [-0.05, 0) is 69.7 Å². The molecule has 3 aromatic rings. The number of sulfonamides is 1. The highest BCUT2D eigenvalue weighted by molar-refractivity contribution is 7.89. The number of ether oxygens (including phenoxy) is 1. The average Bonchev–Trinajstić information content (AvgIpc) is 3.39. The van der Waals surface area contributed by atoms with Gasteiger partial charge < -0.3 is 15.4 Å². The Morgan fingerprint density at radius 1 is 1.13 bits per heavy atom. The van der Waals surface area contributed by atoms with Crippen LogP contribution in [-0.4, -0.2) is 48.4 Å². The van der Waals surface area contributed by atoms with Crippen LogP contribution in [0.4, 0.5) is 16.3 Å². The van der Waals surface area contributed by atoms with Gasteiger partial charge in [0, 0.05) is 36.0 Å². The largest absolute Gasteiger partial charge is 0.447 e. The zero-order valence-electron chi connectivity index (χ0n) is 22.7. The molecule has 0 aliphatic heterocycles. The Morgan fingerprint density at radius 3 is 2.59 bits per heavy atom. The highest BCUT2D eigenvalue weighted by Gasteiger charge is 2.27. The van der Waals surface area contributed by atoms with E-state index in [-0.39, 0.29) is 35.6 Å². The highest BCUT2D eigenvalue weighted by atomic mass is 32.2. The van der Waals surface area contributed by atoms with E-state index in [1.165, 1.54) is 11.3 Å². The number of rotatable bonds is 10. The van der Waals surface area contributed by atoms with Gasteiger partial charge in [-0.25, -0.2) is 22.9 Å². The predicted molar refractivity (Wildman–Crippen MR) is 153 cm³/mol. The Labute approximate surface area is 234 Å². The van der Waals surface area contributed by atoms with E-state index in [2.05, 4.69) is 30.5 Å². The second-order valence-corrected chi connectivity index (χ2v) is 12.6. The van der Waals surface area contributed by atoms with Gasteiger partial charge in [-0.15, -0.1) is 16.4 Å². The van der Waals surface area contributed by atoms with E-state index in [9.17, 15) is 13.2 Å². The van der Waals surface area contributed by atoms with Crippen molar-refractivity contribution in [1.29, 1.82) is 0 Å². The Hall–Kier alpha value is -3.09. The molecule has 10 nitrogen and oxygen atoms in total. The summed E-state index contributed by atoms with van der Waals surface area (Å²) in [6, 6.07) is 7.26. The van der Waals surface area contributed by atoms with Gasteiger partial charge >= 0.3 is 6.09 Å².